The number of ketones is 1. The SMILES string of the molecule is C.C.C.C.C.C=C=C.CC1(C(=O)C=[N+]=[N-])CCCc2ccoc21.CCOC(=O)C1(C)CCCCC12OCCO2.COC(=O)c1ccccc1C.Cc1ccccc1C(=O)O. The van der Waals surface area contributed by atoms with E-state index in [1.807, 2.05) is 58.0 Å². The van der Waals surface area contributed by atoms with E-state index in [0.717, 1.165) is 73.6 Å². The maximum atomic E-state index is 12.1. The van der Waals surface area contributed by atoms with Gasteiger partial charge in [-0.05, 0) is 102 Å². The summed E-state index contributed by atoms with van der Waals surface area (Å²) >= 11 is 0. The molecule has 2 fully saturated rings. The number of fused-ring (bicyclic) bond motifs is 1. The number of methoxy groups -OCH3 is 1. The standard InChI is InChI=1S/C12H20O4.C11H12N2O2.C9H10O2.C8H8O2.C3H4.5CH4/c1-3-14-10(13)11(2)6-4-5-7-12(11)15-8-9-16-12;1-11(9(14)7-13-12)5-2-3-8-4-6-15-10(8)11;1-7-5-3-4-6-8(7)9(10)11-2;1-6-4-2-3-5-7(6)8(9)10;1-3-2;;;;;/h3-9H2,1-2H3;4,6-7H,2-3,5H2,1H3;3-6H,1-2H3;2-5H,1H3,(H,9,10);1-2H2;5*1H4. The Balaban J connectivity index is -0.000000336. The summed E-state index contributed by atoms with van der Waals surface area (Å²) in [6.45, 7) is 17.0. The molecule has 336 valence electrons. The number of aromatic carboxylic acids is 1. The lowest BCUT2D eigenvalue weighted by atomic mass is 9.70. The number of rotatable bonds is 6. The van der Waals surface area contributed by atoms with Gasteiger partial charge in [0.2, 0.25) is 5.78 Å². The van der Waals surface area contributed by atoms with Crippen LogP contribution in [0.15, 0.2) is 84.2 Å². The lowest BCUT2D eigenvalue weighted by Gasteiger charge is -2.45. The fourth-order valence-electron chi connectivity index (χ4n) is 6.69. The minimum Gasteiger partial charge on any atom is -0.478 e. The number of aryl methyl sites for hydroxylation is 3. The Kier molecular flexibility index (Phi) is 30.4. The normalized spacial score (nSPS) is 18.2. The molecule has 1 N–H and O–H groups in total. The van der Waals surface area contributed by atoms with Gasteiger partial charge >= 0.3 is 24.1 Å². The largest absolute Gasteiger partial charge is 0.478 e. The molecule has 0 radical (unpaired) electrons. The van der Waals surface area contributed by atoms with E-state index in [9.17, 15) is 19.2 Å². The molecule has 0 amide bonds. The summed E-state index contributed by atoms with van der Waals surface area (Å²) in [5.74, 6) is -1.53. The molecule has 6 rings (SSSR count). The summed E-state index contributed by atoms with van der Waals surface area (Å²) in [7, 11) is 1.38. The molecule has 3 aliphatic rings. The van der Waals surface area contributed by atoms with Gasteiger partial charge in [-0.25, -0.2) is 9.59 Å². The van der Waals surface area contributed by atoms with Gasteiger partial charge in [0.1, 0.15) is 11.2 Å². The van der Waals surface area contributed by atoms with Crippen molar-refractivity contribution in [2.24, 2.45) is 5.41 Å². The Hall–Kier alpha value is -5.38. The smallest absolute Gasteiger partial charge is 0.338 e. The van der Waals surface area contributed by atoms with Crippen molar-refractivity contribution in [3.8, 4) is 0 Å². The molecule has 12 heteroatoms. The van der Waals surface area contributed by atoms with E-state index in [1.54, 1.807) is 37.5 Å². The zero-order valence-electron chi connectivity index (χ0n) is 32.9. The molecule has 0 bridgehead atoms. The third-order valence-corrected chi connectivity index (χ3v) is 9.77. The Morgan fingerprint density at radius 3 is 1.83 bits per heavy atom. The number of esters is 2. The number of hydrogen-bond donors (Lipinski definition) is 1. The zero-order chi connectivity index (χ0) is 41.1. The van der Waals surface area contributed by atoms with Gasteiger partial charge in [0, 0.05) is 6.42 Å². The number of Topliss-reactive ketones (excluding diaryl/α,β-unsaturated/α-hetero) is 1. The fraction of sp³-hybridized carbons (Fsp3) is 0.500. The lowest BCUT2D eigenvalue weighted by Crippen LogP contribution is -2.55. The number of carboxylic acids is 1. The topological polar surface area (TPSA) is 175 Å². The number of furan rings is 1. The second-order valence-corrected chi connectivity index (χ2v) is 13.5. The molecule has 1 spiro atoms. The quantitative estimate of drug-likeness (QED) is 0.0826. The summed E-state index contributed by atoms with van der Waals surface area (Å²) in [5.41, 5.74) is 13.2. The van der Waals surface area contributed by atoms with Gasteiger partial charge in [-0.3, -0.25) is 9.59 Å². The molecule has 2 aromatic carbocycles. The highest BCUT2D eigenvalue weighted by molar-refractivity contribution is 6.29. The Morgan fingerprint density at radius 1 is 0.850 bits per heavy atom. The molecule has 1 saturated carbocycles. The highest BCUT2D eigenvalue weighted by Crippen LogP contribution is 2.50. The van der Waals surface area contributed by atoms with Crippen LogP contribution in [0.1, 0.15) is 140 Å². The maximum absolute atomic E-state index is 12.1. The summed E-state index contributed by atoms with van der Waals surface area (Å²) in [5, 5.41) is 8.57. The molecule has 1 saturated heterocycles. The van der Waals surface area contributed by atoms with Crippen LogP contribution in [0.25, 0.3) is 5.53 Å². The van der Waals surface area contributed by atoms with Gasteiger partial charge in [-0.2, -0.15) is 4.79 Å². The molecule has 2 aliphatic carbocycles. The van der Waals surface area contributed by atoms with Crippen molar-refractivity contribution < 1.29 is 52.4 Å². The van der Waals surface area contributed by atoms with Crippen molar-refractivity contribution in [3.63, 3.8) is 0 Å². The zero-order valence-corrected chi connectivity index (χ0v) is 32.9. The predicted octanol–water partition coefficient (Wildman–Crippen LogP) is 11.2. The van der Waals surface area contributed by atoms with Crippen LogP contribution in [0.2, 0.25) is 0 Å². The Morgan fingerprint density at radius 2 is 1.37 bits per heavy atom. The van der Waals surface area contributed by atoms with Crippen LogP contribution in [0.3, 0.4) is 0 Å². The first kappa shape index (κ1) is 61.3. The molecule has 1 aliphatic heterocycles. The first-order valence-corrected chi connectivity index (χ1v) is 18.2. The van der Waals surface area contributed by atoms with Crippen molar-refractivity contribution >= 4 is 29.9 Å². The molecule has 60 heavy (non-hydrogen) atoms. The minimum atomic E-state index is -0.863. The van der Waals surface area contributed by atoms with Crippen LogP contribution in [-0.4, -0.2) is 72.5 Å². The average molecular weight is 839 g/mol. The van der Waals surface area contributed by atoms with E-state index in [2.05, 4.69) is 28.4 Å². The summed E-state index contributed by atoms with van der Waals surface area (Å²) < 4.78 is 26.6. The Labute approximate surface area is 360 Å². The number of hydrogen-bond acceptors (Lipinski definition) is 9. The summed E-state index contributed by atoms with van der Waals surface area (Å²) in [4.78, 5) is 48.1. The van der Waals surface area contributed by atoms with E-state index in [4.69, 9.17) is 29.3 Å². The van der Waals surface area contributed by atoms with Gasteiger partial charge in [0.25, 0.3) is 0 Å². The summed E-state index contributed by atoms with van der Waals surface area (Å²) in [6.07, 6.45) is 8.86. The number of carbonyl (C=O) groups is 4. The lowest BCUT2D eigenvalue weighted by molar-refractivity contribution is -0.254. The molecule has 3 aromatic rings. The van der Waals surface area contributed by atoms with E-state index in [-0.39, 0.29) is 54.9 Å². The molecule has 2 heterocycles. The van der Waals surface area contributed by atoms with Gasteiger partial charge in [-0.15, -0.1) is 5.73 Å². The number of carboxylic acid groups (broad SMARTS) is 1. The maximum Gasteiger partial charge on any atom is 0.338 e. The van der Waals surface area contributed by atoms with Crippen LogP contribution in [0.4, 0.5) is 0 Å². The molecule has 2 atom stereocenters. The van der Waals surface area contributed by atoms with Crippen molar-refractivity contribution in [3.05, 3.63) is 119 Å². The third kappa shape index (κ3) is 15.7. The molecule has 1 aromatic heterocycles. The van der Waals surface area contributed by atoms with Gasteiger partial charge in [0.05, 0.1) is 49.7 Å². The van der Waals surface area contributed by atoms with E-state index in [0.29, 0.717) is 30.9 Å². The fourth-order valence-corrected chi connectivity index (χ4v) is 6.69. The monoisotopic (exact) mass is 839 g/mol. The first-order chi connectivity index (χ1) is 26.2. The van der Waals surface area contributed by atoms with E-state index in [1.165, 1.54) is 7.11 Å². The van der Waals surface area contributed by atoms with Gasteiger partial charge in [-0.1, -0.05) is 93.1 Å². The van der Waals surface area contributed by atoms with Crippen molar-refractivity contribution in [1.29, 1.82) is 0 Å². The van der Waals surface area contributed by atoms with Crippen molar-refractivity contribution in [2.45, 2.75) is 128 Å². The van der Waals surface area contributed by atoms with Gasteiger partial charge in [0.15, 0.2) is 5.79 Å². The van der Waals surface area contributed by atoms with Gasteiger partial charge < -0.3 is 34.0 Å². The third-order valence-electron chi connectivity index (χ3n) is 9.77. The first-order valence-electron chi connectivity index (χ1n) is 18.2. The highest BCUT2D eigenvalue weighted by atomic mass is 16.7. The molecular weight excluding hydrogens is 765 g/mol. The molecule has 2 unspecified atom stereocenters. The molecule has 12 nitrogen and oxygen atoms in total. The van der Waals surface area contributed by atoms with Crippen LogP contribution >= 0.6 is 0 Å². The van der Waals surface area contributed by atoms with E-state index < -0.39 is 22.6 Å². The molecular formula is C48H74N2O10. The minimum absolute atomic E-state index is 0. The van der Waals surface area contributed by atoms with Crippen molar-refractivity contribution in [1.82, 2.24) is 0 Å². The average Bonchev–Trinajstić information content (AvgIpc) is 3.86. The highest BCUT2D eigenvalue weighted by Gasteiger charge is 2.59. The van der Waals surface area contributed by atoms with Crippen molar-refractivity contribution in [2.75, 3.05) is 26.9 Å². The predicted molar refractivity (Wildman–Crippen MR) is 241 cm³/mol. The Bertz CT molecular complexity index is 1830. The summed E-state index contributed by atoms with van der Waals surface area (Å²) in [6, 6.07) is 16.2. The van der Waals surface area contributed by atoms with Crippen LogP contribution in [0.5, 0.6) is 0 Å². The van der Waals surface area contributed by atoms with E-state index >= 15 is 0 Å². The van der Waals surface area contributed by atoms with Crippen LogP contribution in [0, 0.1) is 19.3 Å². The number of ether oxygens (including phenoxy) is 4. The second kappa shape index (κ2) is 29.8. The van der Waals surface area contributed by atoms with Crippen LogP contribution < -0.4 is 0 Å². The number of carbonyl (C=O) groups excluding carboxylic acids is 3. The van der Waals surface area contributed by atoms with Crippen LogP contribution in [-0.2, 0) is 40.4 Å². The number of nitrogens with zero attached hydrogens (tertiary/aromatic N) is 2. The second-order valence-electron chi connectivity index (χ2n) is 13.5. The number of benzene rings is 2.